The van der Waals surface area contributed by atoms with Gasteiger partial charge in [0, 0.05) is 6.04 Å². The van der Waals surface area contributed by atoms with Crippen LogP contribution in [0.5, 0.6) is 0 Å². The Morgan fingerprint density at radius 1 is 1.06 bits per heavy atom. The molecule has 17 heavy (non-hydrogen) atoms. The molecule has 3 nitrogen and oxygen atoms in total. The van der Waals surface area contributed by atoms with E-state index in [4.69, 9.17) is 5.11 Å². The quantitative estimate of drug-likeness (QED) is 0.515. The van der Waals surface area contributed by atoms with Crippen LogP contribution in [-0.2, 0) is 4.79 Å². The van der Waals surface area contributed by atoms with Crippen LogP contribution in [0.3, 0.4) is 0 Å². The highest BCUT2D eigenvalue weighted by atomic mass is 16.4. The van der Waals surface area contributed by atoms with Gasteiger partial charge < -0.3 is 10.4 Å². The third-order valence-corrected chi connectivity index (χ3v) is 3.07. The molecule has 0 saturated heterocycles. The van der Waals surface area contributed by atoms with E-state index in [1.54, 1.807) is 0 Å². The second kappa shape index (κ2) is 11.9. The van der Waals surface area contributed by atoms with E-state index in [1.807, 2.05) is 6.92 Å². The first-order valence-corrected chi connectivity index (χ1v) is 7.15. The van der Waals surface area contributed by atoms with Crippen molar-refractivity contribution in [1.29, 1.82) is 0 Å². The van der Waals surface area contributed by atoms with Gasteiger partial charge in [-0.2, -0.15) is 0 Å². The van der Waals surface area contributed by atoms with Gasteiger partial charge in [0.15, 0.2) is 0 Å². The van der Waals surface area contributed by atoms with E-state index >= 15 is 0 Å². The molecule has 0 radical (unpaired) electrons. The SMILES string of the molecule is CCCCCCCCCC(CC(=O)O)NCC. The maximum atomic E-state index is 10.7. The molecular weight excluding hydrogens is 214 g/mol. The van der Waals surface area contributed by atoms with Gasteiger partial charge >= 0.3 is 5.97 Å². The van der Waals surface area contributed by atoms with E-state index in [0.29, 0.717) is 0 Å². The summed E-state index contributed by atoms with van der Waals surface area (Å²) in [6, 6.07) is 0.160. The summed E-state index contributed by atoms with van der Waals surface area (Å²) in [5.41, 5.74) is 0. The lowest BCUT2D eigenvalue weighted by Gasteiger charge is -2.15. The summed E-state index contributed by atoms with van der Waals surface area (Å²) in [6.45, 7) is 5.11. The zero-order valence-electron chi connectivity index (χ0n) is 11.5. The number of carbonyl (C=O) groups is 1. The Balaban J connectivity index is 3.43. The van der Waals surface area contributed by atoms with Crippen LogP contribution in [0, 0.1) is 0 Å². The fraction of sp³-hybridized carbons (Fsp3) is 0.929. The monoisotopic (exact) mass is 243 g/mol. The van der Waals surface area contributed by atoms with Gasteiger partial charge in [0.05, 0.1) is 6.42 Å². The van der Waals surface area contributed by atoms with Crippen LogP contribution in [0.2, 0.25) is 0 Å². The van der Waals surface area contributed by atoms with Crippen LogP contribution < -0.4 is 5.32 Å². The molecule has 0 bridgehead atoms. The number of nitrogens with one attached hydrogen (secondary N) is 1. The molecule has 0 aliphatic rings. The number of hydrogen-bond acceptors (Lipinski definition) is 2. The largest absolute Gasteiger partial charge is 0.481 e. The Kier molecular flexibility index (Phi) is 11.5. The molecule has 2 N–H and O–H groups in total. The van der Waals surface area contributed by atoms with Gasteiger partial charge in [-0.15, -0.1) is 0 Å². The smallest absolute Gasteiger partial charge is 0.304 e. The molecule has 0 amide bonds. The van der Waals surface area contributed by atoms with Crippen molar-refractivity contribution in [2.24, 2.45) is 0 Å². The van der Waals surface area contributed by atoms with Gasteiger partial charge in [0.25, 0.3) is 0 Å². The highest BCUT2D eigenvalue weighted by molar-refractivity contribution is 5.67. The maximum Gasteiger partial charge on any atom is 0.304 e. The summed E-state index contributed by atoms with van der Waals surface area (Å²) in [5.74, 6) is -0.695. The second-order valence-electron chi connectivity index (χ2n) is 4.76. The third-order valence-electron chi connectivity index (χ3n) is 3.07. The van der Waals surface area contributed by atoms with Gasteiger partial charge in [-0.1, -0.05) is 58.8 Å². The molecule has 1 unspecified atom stereocenters. The van der Waals surface area contributed by atoms with Crippen molar-refractivity contribution >= 4 is 5.97 Å². The number of carboxylic acids is 1. The van der Waals surface area contributed by atoms with E-state index in [2.05, 4.69) is 12.2 Å². The van der Waals surface area contributed by atoms with Crippen LogP contribution >= 0.6 is 0 Å². The number of carboxylic acid groups (broad SMARTS) is 1. The highest BCUT2D eigenvalue weighted by Crippen LogP contribution is 2.11. The molecule has 0 heterocycles. The number of aliphatic carboxylic acids is 1. The van der Waals surface area contributed by atoms with E-state index in [-0.39, 0.29) is 12.5 Å². The van der Waals surface area contributed by atoms with E-state index in [0.717, 1.165) is 19.4 Å². The number of hydrogen-bond donors (Lipinski definition) is 2. The van der Waals surface area contributed by atoms with Gasteiger partial charge in [-0.25, -0.2) is 0 Å². The normalized spacial score (nSPS) is 12.6. The van der Waals surface area contributed by atoms with E-state index < -0.39 is 5.97 Å². The molecule has 0 aliphatic heterocycles. The molecule has 0 saturated carbocycles. The Labute approximate surface area is 106 Å². The third kappa shape index (κ3) is 11.7. The van der Waals surface area contributed by atoms with Crippen molar-refractivity contribution in [2.45, 2.75) is 77.7 Å². The molecule has 3 heteroatoms. The minimum atomic E-state index is -0.695. The van der Waals surface area contributed by atoms with Crippen LogP contribution in [-0.4, -0.2) is 23.7 Å². The van der Waals surface area contributed by atoms with Gasteiger partial charge in [0.1, 0.15) is 0 Å². The summed E-state index contributed by atoms with van der Waals surface area (Å²) >= 11 is 0. The first-order valence-electron chi connectivity index (χ1n) is 7.15. The number of unbranched alkanes of at least 4 members (excludes halogenated alkanes) is 6. The fourth-order valence-corrected chi connectivity index (χ4v) is 2.12. The second-order valence-corrected chi connectivity index (χ2v) is 4.76. The zero-order chi connectivity index (χ0) is 12.9. The molecule has 1 atom stereocenters. The highest BCUT2D eigenvalue weighted by Gasteiger charge is 2.10. The molecule has 0 spiro atoms. The van der Waals surface area contributed by atoms with Crippen molar-refractivity contribution < 1.29 is 9.90 Å². The Bertz CT molecular complexity index is 183. The predicted octanol–water partition coefficient (Wildman–Crippen LogP) is 3.58. The van der Waals surface area contributed by atoms with Crippen LogP contribution in [0.1, 0.15) is 71.6 Å². The molecule has 0 aromatic rings. The first-order chi connectivity index (χ1) is 8.20. The predicted molar refractivity (Wildman–Crippen MR) is 72.3 cm³/mol. The van der Waals surface area contributed by atoms with Gasteiger partial charge in [-0.05, 0) is 13.0 Å². The molecule has 0 aliphatic carbocycles. The molecular formula is C14H29NO2. The summed E-state index contributed by atoms with van der Waals surface area (Å²) in [5, 5.41) is 12.0. The summed E-state index contributed by atoms with van der Waals surface area (Å²) in [4.78, 5) is 10.7. The minimum absolute atomic E-state index is 0.160. The Hall–Kier alpha value is -0.570. The lowest BCUT2D eigenvalue weighted by Crippen LogP contribution is -2.31. The molecule has 0 aromatic carbocycles. The van der Waals surface area contributed by atoms with E-state index in [1.165, 1.54) is 38.5 Å². The Morgan fingerprint density at radius 3 is 2.18 bits per heavy atom. The standard InChI is InChI=1S/C14H29NO2/c1-3-5-6-7-8-9-10-11-13(15-4-2)12-14(16)17/h13,15H,3-12H2,1-2H3,(H,16,17). The molecule has 0 rings (SSSR count). The van der Waals surface area contributed by atoms with Crippen molar-refractivity contribution in [3.05, 3.63) is 0 Å². The van der Waals surface area contributed by atoms with E-state index in [9.17, 15) is 4.79 Å². The Morgan fingerprint density at radius 2 is 1.65 bits per heavy atom. The summed E-state index contributed by atoms with van der Waals surface area (Å²) in [6.07, 6.45) is 10.3. The molecule has 0 aromatic heterocycles. The molecule has 102 valence electrons. The lowest BCUT2D eigenvalue weighted by atomic mass is 10.0. The van der Waals surface area contributed by atoms with Crippen LogP contribution in [0.25, 0.3) is 0 Å². The van der Waals surface area contributed by atoms with Crippen LogP contribution in [0.15, 0.2) is 0 Å². The fourth-order valence-electron chi connectivity index (χ4n) is 2.12. The van der Waals surface area contributed by atoms with Gasteiger partial charge in [0.2, 0.25) is 0 Å². The van der Waals surface area contributed by atoms with Crippen molar-refractivity contribution in [2.75, 3.05) is 6.54 Å². The number of rotatable bonds is 12. The lowest BCUT2D eigenvalue weighted by molar-refractivity contribution is -0.137. The topological polar surface area (TPSA) is 49.3 Å². The first kappa shape index (κ1) is 16.4. The van der Waals surface area contributed by atoms with Crippen molar-refractivity contribution in [1.82, 2.24) is 5.32 Å². The van der Waals surface area contributed by atoms with Gasteiger partial charge in [-0.3, -0.25) is 4.79 Å². The van der Waals surface area contributed by atoms with Crippen LogP contribution in [0.4, 0.5) is 0 Å². The summed E-state index contributed by atoms with van der Waals surface area (Å²) < 4.78 is 0. The molecule has 0 fully saturated rings. The van der Waals surface area contributed by atoms with Crippen molar-refractivity contribution in [3.63, 3.8) is 0 Å². The maximum absolute atomic E-state index is 10.7. The minimum Gasteiger partial charge on any atom is -0.481 e. The van der Waals surface area contributed by atoms with Crippen molar-refractivity contribution in [3.8, 4) is 0 Å². The summed E-state index contributed by atoms with van der Waals surface area (Å²) in [7, 11) is 0. The average Bonchev–Trinajstić information content (AvgIpc) is 2.27. The zero-order valence-corrected chi connectivity index (χ0v) is 11.5. The average molecular weight is 243 g/mol.